The van der Waals surface area contributed by atoms with E-state index in [1.54, 1.807) is 75.3 Å². The highest BCUT2D eigenvalue weighted by Crippen LogP contribution is 2.16. The first-order valence-corrected chi connectivity index (χ1v) is 27.9. The number of primary amides is 1. The van der Waals surface area contributed by atoms with E-state index < -0.39 is 132 Å². The van der Waals surface area contributed by atoms with Crippen molar-refractivity contribution >= 4 is 65.1 Å². The number of ether oxygens (including phenoxy) is 1. The monoisotopic (exact) mass is 1110 g/mol. The molecule has 78 heavy (non-hydrogen) atoms. The van der Waals surface area contributed by atoms with Crippen molar-refractivity contribution in [3.8, 4) is 0 Å². The van der Waals surface area contributed by atoms with Crippen LogP contribution in [0.15, 0.2) is 12.2 Å². The van der Waals surface area contributed by atoms with Crippen molar-refractivity contribution in [3.63, 3.8) is 0 Å². The quantitative estimate of drug-likeness (QED) is 0.0291. The van der Waals surface area contributed by atoms with Crippen LogP contribution < -0.4 is 48.3 Å². The number of carboxylic acid groups (broad SMARTS) is 1. The number of hydrogen-bond acceptors (Lipinski definition) is 13. The van der Waals surface area contributed by atoms with Gasteiger partial charge in [0.05, 0.1) is 18.9 Å². The molecule has 9 amide bonds. The van der Waals surface area contributed by atoms with Gasteiger partial charge >= 0.3 is 11.9 Å². The third-order valence-electron chi connectivity index (χ3n) is 12.6. The van der Waals surface area contributed by atoms with Crippen molar-refractivity contribution in [2.75, 3.05) is 0 Å². The molecule has 1 fully saturated rings. The number of aliphatic hydroxyl groups excluding tert-OH is 1. The van der Waals surface area contributed by atoms with Gasteiger partial charge in [0, 0.05) is 6.42 Å². The summed E-state index contributed by atoms with van der Waals surface area (Å²) < 4.78 is 5.85. The third-order valence-corrected chi connectivity index (χ3v) is 12.6. The summed E-state index contributed by atoms with van der Waals surface area (Å²) in [6.07, 6.45) is 4.41. The van der Waals surface area contributed by atoms with E-state index in [4.69, 9.17) is 10.5 Å². The van der Waals surface area contributed by atoms with E-state index in [1.807, 2.05) is 6.08 Å². The number of rotatable bonds is 29. The van der Waals surface area contributed by atoms with Crippen LogP contribution in [0.1, 0.15) is 179 Å². The van der Waals surface area contributed by atoms with Crippen LogP contribution in [0.4, 0.5) is 0 Å². The number of allylic oxidation sites excluding steroid dienone is 1. The average molecular weight is 1110 g/mol. The van der Waals surface area contributed by atoms with Crippen molar-refractivity contribution in [2.24, 2.45) is 35.3 Å². The summed E-state index contributed by atoms with van der Waals surface area (Å²) in [6, 6.07) is -12.0. The fourth-order valence-corrected chi connectivity index (χ4v) is 8.65. The number of hydrogen-bond donors (Lipinski definition) is 11. The Morgan fingerprint density at radius 3 is 1.55 bits per heavy atom. The number of esters is 1. The zero-order valence-electron chi connectivity index (χ0n) is 48.3. The average Bonchev–Trinajstić information content (AvgIpc) is 3.31. The predicted octanol–water partition coefficient (Wildman–Crippen LogP) is 2.45. The van der Waals surface area contributed by atoms with E-state index in [0.29, 0.717) is 0 Å². The van der Waals surface area contributed by atoms with Crippen molar-refractivity contribution < 1.29 is 67.7 Å². The SMILES string of the molecule is CCCCCC/C=C/C[C@H](O)CC(=O)N[C@H](CC(C)C)C(=O)N[C@@H](CC(=O)O)C(=O)N[C@@H]1C(=O)N[C@H](CC(C)C)C(=O)N[C@H](CC(C)C)C(=O)N[C@@H](CCC(N)=O)C(=O)N[C@@H](CC(C)C)C(=O)N[C@@H](CC(C)C)C(=O)O[C@@H]1C. The van der Waals surface area contributed by atoms with Crippen LogP contribution in [0.2, 0.25) is 0 Å². The topological polar surface area (TPSA) is 360 Å². The van der Waals surface area contributed by atoms with Gasteiger partial charge in [-0.3, -0.25) is 47.9 Å². The van der Waals surface area contributed by atoms with Crippen molar-refractivity contribution in [3.05, 3.63) is 12.2 Å². The number of nitrogens with two attached hydrogens (primary N) is 1. The molecule has 0 aromatic rings. The Labute approximate surface area is 461 Å². The van der Waals surface area contributed by atoms with Gasteiger partial charge in [-0.1, -0.05) is 108 Å². The molecule has 0 spiro atoms. The number of carbonyl (C=O) groups excluding carboxylic acids is 10. The molecule has 0 unspecified atom stereocenters. The summed E-state index contributed by atoms with van der Waals surface area (Å²) in [7, 11) is 0. The van der Waals surface area contributed by atoms with E-state index in [9.17, 15) is 63.0 Å². The summed E-state index contributed by atoms with van der Waals surface area (Å²) in [5.74, 6) is -11.9. The van der Waals surface area contributed by atoms with Gasteiger partial charge in [0.15, 0.2) is 0 Å². The Hall–Kier alpha value is -6.13. The zero-order valence-corrected chi connectivity index (χ0v) is 48.3. The van der Waals surface area contributed by atoms with Gasteiger partial charge in [-0.25, -0.2) is 4.79 Å². The van der Waals surface area contributed by atoms with Crippen molar-refractivity contribution in [1.29, 1.82) is 0 Å². The molecule has 1 heterocycles. The minimum atomic E-state index is -1.92. The van der Waals surface area contributed by atoms with E-state index >= 15 is 0 Å². The number of nitrogens with one attached hydrogen (secondary N) is 8. The van der Waals surface area contributed by atoms with E-state index in [1.165, 1.54) is 6.92 Å². The number of amides is 9. The summed E-state index contributed by atoms with van der Waals surface area (Å²) in [4.78, 5) is 151. The van der Waals surface area contributed by atoms with E-state index in [0.717, 1.165) is 32.1 Å². The third kappa shape index (κ3) is 28.5. The molecule has 1 aliphatic rings. The smallest absolute Gasteiger partial charge is 0.328 e. The minimum Gasteiger partial charge on any atom is -0.481 e. The Morgan fingerprint density at radius 1 is 0.603 bits per heavy atom. The Kier molecular flexibility index (Phi) is 32.4. The van der Waals surface area contributed by atoms with Crippen LogP contribution in [0.5, 0.6) is 0 Å². The first-order valence-electron chi connectivity index (χ1n) is 27.9. The second kappa shape index (κ2) is 36.1. The number of cyclic esters (lactones) is 1. The predicted molar refractivity (Wildman–Crippen MR) is 292 cm³/mol. The normalized spacial score (nSPS) is 22.5. The fraction of sp³-hybridized carbons (Fsp3) is 0.764. The first kappa shape index (κ1) is 69.9. The molecule has 0 bridgehead atoms. The summed E-state index contributed by atoms with van der Waals surface area (Å²) in [6.45, 7) is 21.0. The maximum absolute atomic E-state index is 14.7. The number of carbonyl (C=O) groups is 11. The van der Waals surface area contributed by atoms with Crippen molar-refractivity contribution in [2.45, 2.75) is 240 Å². The van der Waals surface area contributed by atoms with Crippen molar-refractivity contribution in [1.82, 2.24) is 42.5 Å². The van der Waals surface area contributed by atoms with Crippen LogP contribution in [0.3, 0.4) is 0 Å². The van der Waals surface area contributed by atoms with Gasteiger partial charge in [0.2, 0.25) is 53.2 Å². The first-order chi connectivity index (χ1) is 36.4. The number of aliphatic hydroxyl groups is 1. The molecule has 0 aromatic heterocycles. The van der Waals surface area contributed by atoms with Gasteiger partial charge in [-0.05, 0) is 94.3 Å². The van der Waals surface area contributed by atoms with Crippen LogP contribution in [0.25, 0.3) is 0 Å². The van der Waals surface area contributed by atoms with Crippen LogP contribution in [-0.2, 0) is 57.5 Å². The summed E-state index contributed by atoms with van der Waals surface area (Å²) in [5.41, 5.74) is 5.44. The molecule has 10 atom stereocenters. The molecule has 0 radical (unpaired) electrons. The van der Waals surface area contributed by atoms with Gasteiger partial charge in [0.25, 0.3) is 0 Å². The molecule has 0 aliphatic carbocycles. The maximum atomic E-state index is 14.7. The van der Waals surface area contributed by atoms with Gasteiger partial charge < -0.3 is 63.2 Å². The Morgan fingerprint density at radius 2 is 1.08 bits per heavy atom. The highest BCUT2D eigenvalue weighted by molar-refractivity contribution is 5.99. The molecule has 0 saturated carbocycles. The molecule has 0 aromatic carbocycles. The number of aliphatic carboxylic acids is 1. The van der Waals surface area contributed by atoms with Gasteiger partial charge in [-0.2, -0.15) is 0 Å². The lowest BCUT2D eigenvalue weighted by Crippen LogP contribution is -2.62. The van der Waals surface area contributed by atoms with E-state index in [-0.39, 0.29) is 87.4 Å². The Bertz CT molecular complexity index is 2030. The summed E-state index contributed by atoms with van der Waals surface area (Å²) in [5, 5.41) is 41.2. The highest BCUT2D eigenvalue weighted by Gasteiger charge is 2.40. The number of carboxylic acids is 1. The van der Waals surface area contributed by atoms with Gasteiger partial charge in [-0.15, -0.1) is 0 Å². The van der Waals surface area contributed by atoms with Crippen LogP contribution >= 0.6 is 0 Å². The summed E-state index contributed by atoms with van der Waals surface area (Å²) >= 11 is 0. The maximum Gasteiger partial charge on any atom is 0.328 e. The largest absolute Gasteiger partial charge is 0.481 e. The molecule has 23 nitrogen and oxygen atoms in total. The van der Waals surface area contributed by atoms with Crippen LogP contribution in [-0.4, -0.2) is 136 Å². The second-order valence-corrected chi connectivity index (χ2v) is 22.8. The zero-order chi connectivity index (χ0) is 59.4. The second-order valence-electron chi connectivity index (χ2n) is 22.8. The molecular formula is C55H95N9O14. The Balaban J connectivity index is 3.91. The van der Waals surface area contributed by atoms with Gasteiger partial charge in [0.1, 0.15) is 54.4 Å². The molecule has 1 saturated heterocycles. The van der Waals surface area contributed by atoms with Crippen LogP contribution in [0, 0.1) is 29.6 Å². The lowest BCUT2D eigenvalue weighted by molar-refractivity contribution is -0.156. The molecule has 1 rings (SSSR count). The molecule has 12 N–H and O–H groups in total. The lowest BCUT2D eigenvalue weighted by Gasteiger charge is -2.31. The fourth-order valence-electron chi connectivity index (χ4n) is 8.65. The number of unbranched alkanes of at least 4 members (excludes halogenated alkanes) is 4. The molecule has 1 aliphatic heterocycles. The molecular weight excluding hydrogens is 1010 g/mol. The van der Waals surface area contributed by atoms with E-state index in [2.05, 4.69) is 49.5 Å². The highest BCUT2D eigenvalue weighted by atomic mass is 16.5. The molecule has 444 valence electrons. The minimum absolute atomic E-state index is 0.0238. The lowest BCUT2D eigenvalue weighted by atomic mass is 9.98. The standard InChI is InChI=1S/C55H95N9O14/c1-13-14-15-16-17-18-19-20-36(65)28-45(67)57-38(23-30(2)3)49(71)61-42(29-46(68)69)53(75)64-47-35(12)78-55(77)43(27-34(10)11)63-52(74)40(25-32(6)7)59-48(70)37(21-22-44(56)66)58-50(72)39(24-31(4)5)60-51(73)41(26-33(8)9)62-54(47)76/h18-19,30-43,47,65H,13-17,20-29H2,1-12H3,(H2,56,66)(H,57,67)(H,58,72)(H,59,70)(H,60,73)(H,61,71)(H,62,76)(H,63,74)(H,64,75)(H,68,69)/b19-18+/t35-,36+,37+,38-,39-,40+,41-,42+,43+,47+/m1/s1. The molecule has 23 heteroatoms.